The van der Waals surface area contributed by atoms with E-state index in [0.717, 1.165) is 12.5 Å². The molecule has 1 saturated heterocycles. The van der Waals surface area contributed by atoms with E-state index in [1.807, 2.05) is 18.7 Å². The fourth-order valence-corrected chi connectivity index (χ4v) is 2.34. The highest BCUT2D eigenvalue weighted by Crippen LogP contribution is 2.22. The summed E-state index contributed by atoms with van der Waals surface area (Å²) in [5.74, 6) is 3.34. The first kappa shape index (κ1) is 8.91. The van der Waals surface area contributed by atoms with Gasteiger partial charge in [0.25, 0.3) is 0 Å². The van der Waals surface area contributed by atoms with Gasteiger partial charge in [0.15, 0.2) is 0 Å². The van der Waals surface area contributed by atoms with Gasteiger partial charge in [-0.15, -0.1) is 0 Å². The second-order valence-electron chi connectivity index (χ2n) is 2.72. The van der Waals surface area contributed by atoms with Gasteiger partial charge in [0, 0.05) is 6.21 Å². The molecule has 0 aromatic rings. The van der Waals surface area contributed by atoms with Crippen molar-refractivity contribution in [2.75, 3.05) is 18.1 Å². The molecule has 3 heteroatoms. The first-order chi connectivity index (χ1) is 5.43. The van der Waals surface area contributed by atoms with Crippen LogP contribution in [-0.2, 0) is 4.84 Å². The zero-order valence-electron chi connectivity index (χ0n) is 6.95. The lowest BCUT2D eigenvalue weighted by Gasteiger charge is -2.19. The van der Waals surface area contributed by atoms with Crippen molar-refractivity contribution in [3.05, 3.63) is 0 Å². The molecule has 1 rings (SSSR count). The molecule has 0 saturated carbocycles. The Balaban J connectivity index is 2.04. The van der Waals surface area contributed by atoms with Crippen molar-refractivity contribution in [3.8, 4) is 0 Å². The number of thioether (sulfide) groups is 1. The summed E-state index contributed by atoms with van der Waals surface area (Å²) in [7, 11) is 0. The van der Waals surface area contributed by atoms with E-state index in [0.29, 0.717) is 0 Å². The second kappa shape index (κ2) is 5.47. The highest BCUT2D eigenvalue weighted by molar-refractivity contribution is 7.99. The Kier molecular flexibility index (Phi) is 4.43. The fraction of sp³-hybridized carbons (Fsp3) is 0.875. The van der Waals surface area contributed by atoms with E-state index in [1.165, 1.54) is 24.3 Å². The molecule has 0 aromatic carbocycles. The molecule has 0 unspecified atom stereocenters. The van der Waals surface area contributed by atoms with E-state index in [-0.39, 0.29) is 0 Å². The van der Waals surface area contributed by atoms with E-state index >= 15 is 0 Å². The third kappa shape index (κ3) is 3.65. The van der Waals surface area contributed by atoms with Crippen LogP contribution in [0.2, 0.25) is 0 Å². The second-order valence-corrected chi connectivity index (χ2v) is 3.94. The summed E-state index contributed by atoms with van der Waals surface area (Å²) in [4.78, 5) is 5.08. The van der Waals surface area contributed by atoms with Gasteiger partial charge in [0.05, 0.1) is 0 Å². The molecule has 64 valence electrons. The summed E-state index contributed by atoms with van der Waals surface area (Å²) < 4.78 is 0. The van der Waals surface area contributed by atoms with Crippen LogP contribution in [0.25, 0.3) is 0 Å². The van der Waals surface area contributed by atoms with Crippen LogP contribution in [-0.4, -0.2) is 24.3 Å². The third-order valence-corrected chi connectivity index (χ3v) is 2.88. The molecule has 0 aromatic heterocycles. The van der Waals surface area contributed by atoms with Gasteiger partial charge in [-0.2, -0.15) is 11.8 Å². The van der Waals surface area contributed by atoms with Crippen molar-refractivity contribution in [1.82, 2.24) is 0 Å². The van der Waals surface area contributed by atoms with Gasteiger partial charge in [-0.3, -0.25) is 0 Å². The molecule has 0 N–H and O–H groups in total. The summed E-state index contributed by atoms with van der Waals surface area (Å²) >= 11 is 2.04. The Morgan fingerprint density at radius 3 is 2.91 bits per heavy atom. The van der Waals surface area contributed by atoms with Crippen LogP contribution in [0.1, 0.15) is 19.8 Å². The lowest BCUT2D eigenvalue weighted by molar-refractivity contribution is 0.105. The molecule has 0 spiro atoms. The van der Waals surface area contributed by atoms with Gasteiger partial charge in [-0.05, 0) is 37.2 Å². The summed E-state index contributed by atoms with van der Waals surface area (Å²) in [6.07, 6.45) is 4.28. The summed E-state index contributed by atoms with van der Waals surface area (Å²) in [6.45, 7) is 2.68. The zero-order chi connectivity index (χ0) is 7.94. The number of oxime groups is 1. The van der Waals surface area contributed by atoms with Crippen molar-refractivity contribution in [1.29, 1.82) is 0 Å². The Hall–Kier alpha value is -0.180. The predicted octanol–water partition coefficient (Wildman–Crippen LogP) is 2.15. The molecule has 0 aliphatic carbocycles. The van der Waals surface area contributed by atoms with Gasteiger partial charge in [-0.1, -0.05) is 5.16 Å². The van der Waals surface area contributed by atoms with Crippen LogP contribution in [0.4, 0.5) is 0 Å². The van der Waals surface area contributed by atoms with E-state index in [2.05, 4.69) is 5.16 Å². The van der Waals surface area contributed by atoms with Crippen molar-refractivity contribution < 1.29 is 4.84 Å². The molecule has 0 bridgehead atoms. The molecular weight excluding hydrogens is 158 g/mol. The van der Waals surface area contributed by atoms with Crippen molar-refractivity contribution >= 4 is 18.0 Å². The molecule has 2 nitrogen and oxygen atoms in total. The van der Waals surface area contributed by atoms with Crippen molar-refractivity contribution in [2.24, 2.45) is 11.1 Å². The highest BCUT2D eigenvalue weighted by atomic mass is 32.2. The third-order valence-electron chi connectivity index (χ3n) is 1.83. The number of hydrogen-bond donors (Lipinski definition) is 0. The first-order valence-corrected chi connectivity index (χ1v) is 5.26. The van der Waals surface area contributed by atoms with Gasteiger partial charge < -0.3 is 4.84 Å². The summed E-state index contributed by atoms with van der Waals surface area (Å²) in [6, 6.07) is 0. The zero-order valence-corrected chi connectivity index (χ0v) is 7.77. The molecule has 1 aliphatic heterocycles. The van der Waals surface area contributed by atoms with Crippen LogP contribution in [0.15, 0.2) is 5.16 Å². The average Bonchev–Trinajstić information content (AvgIpc) is 2.07. The molecule has 0 amide bonds. The topological polar surface area (TPSA) is 21.6 Å². The SMILES string of the molecule is CC=NOCC1CCSCC1. The maximum atomic E-state index is 5.08. The quantitative estimate of drug-likeness (QED) is 0.482. The van der Waals surface area contributed by atoms with Crippen LogP contribution in [0, 0.1) is 5.92 Å². The normalized spacial score (nSPS) is 20.8. The molecular formula is C8H15NOS. The standard InChI is InChI=1S/C8H15NOS/c1-2-9-10-7-8-3-5-11-6-4-8/h2,8H,3-7H2,1H3. The molecule has 11 heavy (non-hydrogen) atoms. The maximum absolute atomic E-state index is 5.08. The van der Waals surface area contributed by atoms with Crippen LogP contribution in [0.3, 0.4) is 0 Å². The minimum absolute atomic E-state index is 0.750. The van der Waals surface area contributed by atoms with Crippen LogP contribution < -0.4 is 0 Å². The Morgan fingerprint density at radius 2 is 2.27 bits per heavy atom. The minimum atomic E-state index is 0.750. The predicted molar refractivity (Wildman–Crippen MR) is 50.2 cm³/mol. The Labute approximate surface area is 72.4 Å². The van der Waals surface area contributed by atoms with Gasteiger partial charge in [-0.25, -0.2) is 0 Å². The maximum Gasteiger partial charge on any atom is 0.120 e. The molecule has 1 heterocycles. The Bertz CT molecular complexity index is 121. The van der Waals surface area contributed by atoms with Gasteiger partial charge in [0.1, 0.15) is 6.61 Å². The molecule has 1 aliphatic rings. The van der Waals surface area contributed by atoms with Crippen LogP contribution >= 0.6 is 11.8 Å². The first-order valence-electron chi connectivity index (χ1n) is 4.11. The number of nitrogens with zero attached hydrogens (tertiary/aromatic N) is 1. The highest BCUT2D eigenvalue weighted by Gasteiger charge is 2.13. The van der Waals surface area contributed by atoms with E-state index in [4.69, 9.17) is 4.84 Å². The van der Waals surface area contributed by atoms with Crippen molar-refractivity contribution in [2.45, 2.75) is 19.8 Å². The van der Waals surface area contributed by atoms with E-state index in [1.54, 1.807) is 6.21 Å². The Morgan fingerprint density at radius 1 is 1.55 bits per heavy atom. The summed E-state index contributed by atoms with van der Waals surface area (Å²) in [5, 5.41) is 3.73. The number of hydrogen-bond acceptors (Lipinski definition) is 3. The monoisotopic (exact) mass is 173 g/mol. The fourth-order valence-electron chi connectivity index (χ4n) is 1.14. The lowest BCUT2D eigenvalue weighted by atomic mass is 10.1. The minimum Gasteiger partial charge on any atom is -0.396 e. The van der Waals surface area contributed by atoms with Gasteiger partial charge in [0.2, 0.25) is 0 Å². The molecule has 1 fully saturated rings. The summed E-state index contributed by atoms with van der Waals surface area (Å²) in [5.41, 5.74) is 0. The largest absolute Gasteiger partial charge is 0.396 e. The smallest absolute Gasteiger partial charge is 0.120 e. The van der Waals surface area contributed by atoms with E-state index in [9.17, 15) is 0 Å². The molecule has 0 atom stereocenters. The average molecular weight is 173 g/mol. The lowest BCUT2D eigenvalue weighted by Crippen LogP contribution is -2.14. The molecule has 0 radical (unpaired) electrons. The van der Waals surface area contributed by atoms with Crippen molar-refractivity contribution in [3.63, 3.8) is 0 Å². The van der Waals surface area contributed by atoms with Crippen LogP contribution in [0.5, 0.6) is 0 Å². The van der Waals surface area contributed by atoms with Gasteiger partial charge >= 0.3 is 0 Å². The van der Waals surface area contributed by atoms with E-state index < -0.39 is 0 Å². The number of rotatable bonds is 3.